The number of rotatable bonds is 6. The summed E-state index contributed by atoms with van der Waals surface area (Å²) in [6.07, 6.45) is 3.48. The lowest BCUT2D eigenvalue weighted by molar-refractivity contribution is -0.130. The molecule has 1 saturated carbocycles. The van der Waals surface area contributed by atoms with Crippen LogP contribution in [-0.2, 0) is 14.3 Å². The number of anilines is 1. The molecular formula is C25H18N2O5S. The van der Waals surface area contributed by atoms with Crippen LogP contribution >= 0.6 is 11.3 Å². The van der Waals surface area contributed by atoms with Crippen molar-refractivity contribution in [2.75, 3.05) is 5.32 Å². The summed E-state index contributed by atoms with van der Waals surface area (Å²) in [7, 11) is 0. The predicted octanol–water partition coefficient (Wildman–Crippen LogP) is 4.66. The van der Waals surface area contributed by atoms with E-state index in [1.165, 1.54) is 11.3 Å². The molecule has 2 aromatic carbocycles. The van der Waals surface area contributed by atoms with Crippen LogP contribution < -0.4 is 10.1 Å². The molecule has 2 heterocycles. The number of benzene rings is 2. The minimum absolute atomic E-state index is 0.0323. The molecule has 2 aliphatic rings. The fraction of sp³-hybridized carbons (Fsp3) is 0.120. The van der Waals surface area contributed by atoms with E-state index in [0.717, 1.165) is 12.8 Å². The number of amides is 1. The molecular weight excluding hydrogens is 440 g/mol. The number of esters is 2. The molecule has 3 aromatic rings. The topological polar surface area (TPSA) is 94.1 Å². The van der Waals surface area contributed by atoms with E-state index in [9.17, 15) is 14.4 Å². The molecule has 1 amide bonds. The van der Waals surface area contributed by atoms with Crippen molar-refractivity contribution >= 4 is 46.8 Å². The van der Waals surface area contributed by atoms with Gasteiger partial charge in [-0.15, -0.1) is 11.3 Å². The molecule has 1 aliphatic heterocycles. The van der Waals surface area contributed by atoms with Crippen LogP contribution in [0, 0.1) is 5.92 Å². The van der Waals surface area contributed by atoms with Crippen LogP contribution in [0.2, 0.25) is 0 Å². The van der Waals surface area contributed by atoms with E-state index in [-0.39, 0.29) is 23.4 Å². The first-order valence-corrected chi connectivity index (χ1v) is 11.2. The van der Waals surface area contributed by atoms with Crippen LogP contribution in [0.4, 0.5) is 5.69 Å². The highest BCUT2D eigenvalue weighted by molar-refractivity contribution is 7.12. The SMILES string of the molecule is O=C1OC(c2ccc(NC(=O)C3CC3)cc2)=N/C1=C/c1ccc(OC(=O)c2cccs2)cc1. The number of nitrogens with zero attached hydrogens (tertiary/aromatic N) is 1. The van der Waals surface area contributed by atoms with E-state index >= 15 is 0 Å². The first-order valence-electron chi connectivity index (χ1n) is 10.3. The Morgan fingerprint density at radius 3 is 2.48 bits per heavy atom. The van der Waals surface area contributed by atoms with Crippen LogP contribution in [0.3, 0.4) is 0 Å². The minimum Gasteiger partial charge on any atom is -0.422 e. The van der Waals surface area contributed by atoms with Crippen LogP contribution in [0.5, 0.6) is 5.75 Å². The van der Waals surface area contributed by atoms with Gasteiger partial charge in [-0.2, -0.15) is 0 Å². The van der Waals surface area contributed by atoms with Gasteiger partial charge in [0.25, 0.3) is 0 Å². The normalized spacial score (nSPS) is 16.3. The van der Waals surface area contributed by atoms with Crippen molar-refractivity contribution in [2.45, 2.75) is 12.8 Å². The zero-order valence-electron chi connectivity index (χ0n) is 17.3. The maximum Gasteiger partial charge on any atom is 0.363 e. The minimum atomic E-state index is -0.552. The van der Waals surface area contributed by atoms with Gasteiger partial charge < -0.3 is 14.8 Å². The Kier molecular flexibility index (Phi) is 5.58. The summed E-state index contributed by atoms with van der Waals surface area (Å²) in [4.78, 5) is 41.0. The molecule has 1 aromatic heterocycles. The molecule has 1 N–H and O–H groups in total. The van der Waals surface area contributed by atoms with Gasteiger partial charge in [0.05, 0.1) is 0 Å². The summed E-state index contributed by atoms with van der Waals surface area (Å²) in [5.74, 6) is -0.202. The smallest absolute Gasteiger partial charge is 0.363 e. The Morgan fingerprint density at radius 1 is 1.06 bits per heavy atom. The Balaban J connectivity index is 1.26. The number of hydrogen-bond donors (Lipinski definition) is 1. The zero-order chi connectivity index (χ0) is 22.8. The van der Waals surface area contributed by atoms with E-state index in [1.807, 2.05) is 5.38 Å². The third-order valence-electron chi connectivity index (χ3n) is 5.08. The second-order valence-electron chi connectivity index (χ2n) is 7.61. The quantitative estimate of drug-likeness (QED) is 0.329. The van der Waals surface area contributed by atoms with E-state index < -0.39 is 11.9 Å². The monoisotopic (exact) mass is 458 g/mol. The van der Waals surface area contributed by atoms with Crippen molar-refractivity contribution < 1.29 is 23.9 Å². The van der Waals surface area contributed by atoms with Crippen molar-refractivity contribution in [3.8, 4) is 5.75 Å². The Labute approximate surface area is 193 Å². The largest absolute Gasteiger partial charge is 0.422 e. The van der Waals surface area contributed by atoms with Crippen molar-refractivity contribution in [3.05, 3.63) is 87.7 Å². The highest BCUT2D eigenvalue weighted by Crippen LogP contribution is 2.30. The third-order valence-corrected chi connectivity index (χ3v) is 5.93. The molecule has 8 heteroatoms. The molecule has 33 heavy (non-hydrogen) atoms. The van der Waals surface area contributed by atoms with Gasteiger partial charge >= 0.3 is 11.9 Å². The third kappa shape index (κ3) is 4.91. The first-order chi connectivity index (χ1) is 16.0. The summed E-state index contributed by atoms with van der Waals surface area (Å²) < 4.78 is 10.6. The van der Waals surface area contributed by atoms with Crippen molar-refractivity contribution in [3.63, 3.8) is 0 Å². The molecule has 0 unspecified atom stereocenters. The summed E-state index contributed by atoms with van der Waals surface area (Å²) in [5, 5.41) is 4.68. The van der Waals surface area contributed by atoms with E-state index in [2.05, 4.69) is 10.3 Å². The van der Waals surface area contributed by atoms with Gasteiger partial charge in [0.1, 0.15) is 10.6 Å². The zero-order valence-corrected chi connectivity index (χ0v) is 18.1. The fourth-order valence-electron chi connectivity index (χ4n) is 3.16. The first kappa shape index (κ1) is 20.8. The van der Waals surface area contributed by atoms with Crippen molar-refractivity contribution in [1.82, 2.24) is 0 Å². The summed E-state index contributed by atoms with van der Waals surface area (Å²) >= 11 is 1.31. The van der Waals surface area contributed by atoms with Crippen LogP contribution in [-0.4, -0.2) is 23.7 Å². The number of ether oxygens (including phenoxy) is 2. The Morgan fingerprint density at radius 2 is 1.82 bits per heavy atom. The molecule has 0 atom stereocenters. The number of aliphatic imine (C=N–C) groups is 1. The second-order valence-corrected chi connectivity index (χ2v) is 8.56. The van der Waals surface area contributed by atoms with Gasteiger partial charge in [0.2, 0.25) is 11.8 Å². The average Bonchev–Trinajstić information content (AvgIpc) is 3.40. The standard InChI is InChI=1S/C25H18N2O5S/c28-22(16-5-6-16)26-18-9-7-17(8-10-18)23-27-20(24(29)32-23)14-15-3-11-19(12-4-15)31-25(30)21-2-1-13-33-21/h1-4,7-14,16H,5-6H2,(H,26,28)/b20-14+. The molecule has 5 rings (SSSR count). The highest BCUT2D eigenvalue weighted by Gasteiger charge is 2.29. The predicted molar refractivity (Wildman–Crippen MR) is 124 cm³/mol. The van der Waals surface area contributed by atoms with Crippen LogP contribution in [0.1, 0.15) is 33.6 Å². The molecule has 0 bridgehead atoms. The number of carbonyl (C=O) groups excluding carboxylic acids is 3. The molecule has 1 fully saturated rings. The molecule has 0 radical (unpaired) electrons. The number of hydrogen-bond acceptors (Lipinski definition) is 7. The molecule has 7 nitrogen and oxygen atoms in total. The second kappa shape index (κ2) is 8.84. The van der Waals surface area contributed by atoms with E-state index in [4.69, 9.17) is 9.47 Å². The summed E-state index contributed by atoms with van der Waals surface area (Å²) in [6, 6.07) is 17.2. The van der Waals surface area contributed by atoms with Gasteiger partial charge in [-0.25, -0.2) is 14.6 Å². The Bertz CT molecular complexity index is 1270. The molecule has 164 valence electrons. The molecule has 0 spiro atoms. The molecule has 0 saturated heterocycles. The number of cyclic esters (lactones) is 1. The van der Waals surface area contributed by atoms with E-state index in [1.54, 1.807) is 66.7 Å². The summed E-state index contributed by atoms with van der Waals surface area (Å²) in [6.45, 7) is 0. The van der Waals surface area contributed by atoms with Crippen molar-refractivity contribution in [2.24, 2.45) is 10.9 Å². The lowest BCUT2D eigenvalue weighted by Crippen LogP contribution is -2.13. The fourth-order valence-corrected chi connectivity index (χ4v) is 3.76. The molecule has 1 aliphatic carbocycles. The maximum absolute atomic E-state index is 12.3. The summed E-state index contributed by atoms with van der Waals surface area (Å²) in [5.41, 5.74) is 2.20. The van der Waals surface area contributed by atoms with Crippen LogP contribution in [0.15, 0.2) is 76.7 Å². The van der Waals surface area contributed by atoms with Gasteiger partial charge in [-0.1, -0.05) is 18.2 Å². The van der Waals surface area contributed by atoms with Gasteiger partial charge in [-0.3, -0.25) is 4.79 Å². The number of thiophene rings is 1. The maximum atomic E-state index is 12.3. The van der Waals surface area contributed by atoms with Gasteiger partial charge in [-0.05, 0) is 72.3 Å². The Hall–Kier alpha value is -4.04. The van der Waals surface area contributed by atoms with Crippen LogP contribution in [0.25, 0.3) is 6.08 Å². The van der Waals surface area contributed by atoms with Crippen molar-refractivity contribution in [1.29, 1.82) is 0 Å². The highest BCUT2D eigenvalue weighted by atomic mass is 32.1. The number of nitrogens with one attached hydrogen (secondary N) is 1. The number of carbonyl (C=O) groups is 3. The lowest BCUT2D eigenvalue weighted by Gasteiger charge is -2.05. The van der Waals surface area contributed by atoms with Gasteiger partial charge in [0.15, 0.2) is 5.70 Å². The average molecular weight is 458 g/mol. The van der Waals surface area contributed by atoms with Gasteiger partial charge in [0, 0.05) is 17.2 Å². The lowest BCUT2D eigenvalue weighted by atomic mass is 10.2. The van der Waals surface area contributed by atoms with E-state index in [0.29, 0.717) is 27.4 Å².